The maximum atomic E-state index is 10.9. The smallest absolute Gasteiger partial charge is 0.394 e. The van der Waals surface area contributed by atoms with Crippen molar-refractivity contribution in [3.05, 3.63) is 0 Å². The Hall–Kier alpha value is -1.10. The van der Waals surface area contributed by atoms with Crippen molar-refractivity contribution in [2.24, 2.45) is 5.92 Å². The number of carbonyl (C=O) groups excluding carboxylic acids is 1. The minimum Gasteiger partial charge on any atom is -0.474 e. The second-order valence-electron chi connectivity index (χ2n) is 3.29. The second kappa shape index (κ2) is 6.37. The van der Waals surface area contributed by atoms with E-state index >= 15 is 0 Å². The molecule has 2 N–H and O–H groups in total. The monoisotopic (exact) mass is 203 g/mol. The first-order chi connectivity index (χ1) is 6.49. The lowest BCUT2D eigenvalue weighted by molar-refractivity contribution is -0.150. The van der Waals surface area contributed by atoms with Gasteiger partial charge in [0, 0.05) is 6.61 Å². The van der Waals surface area contributed by atoms with Gasteiger partial charge in [0.05, 0.1) is 12.6 Å². The normalized spacial score (nSPS) is 12.6. The van der Waals surface area contributed by atoms with E-state index in [1.54, 1.807) is 0 Å². The molecule has 0 saturated carbocycles. The average Bonchev–Trinajstić information content (AvgIpc) is 2.10. The molecule has 14 heavy (non-hydrogen) atoms. The number of carboxylic acids is 1. The molecule has 0 aromatic carbocycles. The summed E-state index contributed by atoms with van der Waals surface area (Å²) in [5.74, 6) is -2.31. The van der Waals surface area contributed by atoms with Gasteiger partial charge in [-0.15, -0.1) is 0 Å². The van der Waals surface area contributed by atoms with Crippen LogP contribution in [0.1, 0.15) is 20.8 Å². The van der Waals surface area contributed by atoms with Crippen LogP contribution < -0.4 is 5.32 Å². The first-order valence-electron chi connectivity index (χ1n) is 4.60. The Bertz CT molecular complexity index is 203. The molecule has 0 saturated heterocycles. The molecule has 5 nitrogen and oxygen atoms in total. The number of carboxylic acid groups (broad SMARTS) is 1. The van der Waals surface area contributed by atoms with Gasteiger partial charge < -0.3 is 15.2 Å². The van der Waals surface area contributed by atoms with Crippen molar-refractivity contribution < 1.29 is 19.4 Å². The Balaban J connectivity index is 4.09. The molecule has 0 aromatic heterocycles. The molecule has 0 rings (SSSR count). The molecule has 5 heteroatoms. The largest absolute Gasteiger partial charge is 0.474 e. The van der Waals surface area contributed by atoms with Gasteiger partial charge >= 0.3 is 11.9 Å². The highest BCUT2D eigenvalue weighted by Gasteiger charge is 2.19. The van der Waals surface area contributed by atoms with Crippen LogP contribution in [0.3, 0.4) is 0 Å². The third-order valence-corrected chi connectivity index (χ3v) is 1.82. The van der Waals surface area contributed by atoms with Gasteiger partial charge in [0.25, 0.3) is 0 Å². The van der Waals surface area contributed by atoms with Crippen molar-refractivity contribution >= 4 is 11.9 Å². The lowest BCUT2D eigenvalue weighted by atomic mass is 10.1. The summed E-state index contributed by atoms with van der Waals surface area (Å²) in [6, 6.07) is -0.251. The fourth-order valence-electron chi connectivity index (χ4n) is 0.876. The number of nitrogens with one attached hydrogen (secondary N) is 1. The van der Waals surface area contributed by atoms with Crippen LogP contribution in [-0.2, 0) is 14.3 Å². The Morgan fingerprint density at radius 2 is 2.00 bits per heavy atom. The lowest BCUT2D eigenvalue weighted by Gasteiger charge is -2.20. The topological polar surface area (TPSA) is 75.6 Å². The first-order valence-corrected chi connectivity index (χ1v) is 4.60. The molecule has 0 bridgehead atoms. The molecule has 0 aliphatic carbocycles. The number of rotatable bonds is 5. The van der Waals surface area contributed by atoms with Crippen molar-refractivity contribution in [3.8, 4) is 0 Å². The van der Waals surface area contributed by atoms with Crippen LogP contribution in [0.5, 0.6) is 0 Å². The van der Waals surface area contributed by atoms with Crippen molar-refractivity contribution in [1.29, 1.82) is 0 Å². The van der Waals surface area contributed by atoms with E-state index in [0.717, 1.165) is 0 Å². The molecule has 0 aliphatic heterocycles. The molecule has 0 radical (unpaired) electrons. The van der Waals surface area contributed by atoms with Gasteiger partial charge in [-0.05, 0) is 12.8 Å². The minimum atomic E-state index is -1.47. The maximum Gasteiger partial charge on any atom is 0.394 e. The maximum absolute atomic E-state index is 10.9. The number of hydrogen-bond donors (Lipinski definition) is 2. The lowest BCUT2D eigenvalue weighted by Crippen LogP contribution is -2.44. The SMILES string of the molecule is CCOCC(NC(=O)C(=O)O)C(C)C. The predicted octanol–water partition coefficient (Wildman–Crippen LogP) is 0.248. The predicted molar refractivity (Wildman–Crippen MR) is 50.9 cm³/mol. The second-order valence-corrected chi connectivity index (χ2v) is 3.29. The number of ether oxygens (including phenoxy) is 1. The van der Waals surface area contributed by atoms with Gasteiger partial charge in [0.15, 0.2) is 0 Å². The van der Waals surface area contributed by atoms with Crippen LogP contribution in [0.25, 0.3) is 0 Å². The first kappa shape index (κ1) is 12.9. The zero-order valence-corrected chi connectivity index (χ0v) is 8.74. The molecular weight excluding hydrogens is 186 g/mol. The summed E-state index contributed by atoms with van der Waals surface area (Å²) < 4.78 is 5.13. The fourth-order valence-corrected chi connectivity index (χ4v) is 0.876. The number of carbonyl (C=O) groups is 2. The van der Waals surface area contributed by atoms with Crippen LogP contribution in [0.2, 0.25) is 0 Å². The Kier molecular flexibility index (Phi) is 5.87. The van der Waals surface area contributed by atoms with Gasteiger partial charge in [0.1, 0.15) is 0 Å². The van der Waals surface area contributed by atoms with Crippen LogP contribution >= 0.6 is 0 Å². The number of hydrogen-bond acceptors (Lipinski definition) is 3. The summed E-state index contributed by atoms with van der Waals surface area (Å²) >= 11 is 0. The number of aliphatic carboxylic acids is 1. The van der Waals surface area contributed by atoms with Crippen molar-refractivity contribution in [1.82, 2.24) is 5.32 Å². The molecular formula is C9H17NO4. The van der Waals surface area contributed by atoms with E-state index in [-0.39, 0.29) is 12.0 Å². The summed E-state index contributed by atoms with van der Waals surface area (Å²) in [7, 11) is 0. The van der Waals surface area contributed by atoms with Crippen molar-refractivity contribution in [2.45, 2.75) is 26.8 Å². The number of amides is 1. The zero-order valence-electron chi connectivity index (χ0n) is 8.74. The van der Waals surface area contributed by atoms with Crippen LogP contribution in [0.15, 0.2) is 0 Å². The Morgan fingerprint density at radius 1 is 1.43 bits per heavy atom. The third-order valence-electron chi connectivity index (χ3n) is 1.82. The molecule has 0 spiro atoms. The van der Waals surface area contributed by atoms with E-state index in [1.165, 1.54) is 0 Å². The van der Waals surface area contributed by atoms with Gasteiger partial charge in [-0.3, -0.25) is 4.79 Å². The molecule has 0 aromatic rings. The zero-order chi connectivity index (χ0) is 11.1. The van der Waals surface area contributed by atoms with Gasteiger partial charge in [-0.2, -0.15) is 0 Å². The van der Waals surface area contributed by atoms with E-state index in [2.05, 4.69) is 5.32 Å². The van der Waals surface area contributed by atoms with Crippen LogP contribution in [0.4, 0.5) is 0 Å². The van der Waals surface area contributed by atoms with Crippen LogP contribution in [-0.4, -0.2) is 36.2 Å². The van der Waals surface area contributed by atoms with Crippen molar-refractivity contribution in [2.75, 3.05) is 13.2 Å². The summed E-state index contributed by atoms with van der Waals surface area (Å²) in [4.78, 5) is 21.1. The van der Waals surface area contributed by atoms with Crippen molar-refractivity contribution in [3.63, 3.8) is 0 Å². The van der Waals surface area contributed by atoms with Crippen LogP contribution in [0, 0.1) is 5.92 Å². The van der Waals surface area contributed by atoms with Gasteiger partial charge in [-0.25, -0.2) is 4.79 Å². The van der Waals surface area contributed by atoms with Gasteiger partial charge in [0.2, 0.25) is 0 Å². The molecule has 1 amide bonds. The summed E-state index contributed by atoms with van der Waals surface area (Å²) in [5.41, 5.74) is 0. The third kappa shape index (κ3) is 4.81. The Morgan fingerprint density at radius 3 is 2.36 bits per heavy atom. The fraction of sp³-hybridized carbons (Fsp3) is 0.778. The van der Waals surface area contributed by atoms with Gasteiger partial charge in [-0.1, -0.05) is 13.8 Å². The van der Waals surface area contributed by atoms with E-state index in [1.807, 2.05) is 20.8 Å². The average molecular weight is 203 g/mol. The summed E-state index contributed by atoms with van der Waals surface area (Å²) in [6.45, 7) is 6.52. The molecule has 1 atom stereocenters. The van der Waals surface area contributed by atoms with E-state index < -0.39 is 11.9 Å². The highest BCUT2D eigenvalue weighted by molar-refractivity contribution is 6.31. The van der Waals surface area contributed by atoms with E-state index in [9.17, 15) is 9.59 Å². The summed E-state index contributed by atoms with van der Waals surface area (Å²) in [6.07, 6.45) is 0. The summed E-state index contributed by atoms with van der Waals surface area (Å²) in [5, 5.41) is 10.8. The molecule has 82 valence electrons. The molecule has 0 aliphatic rings. The highest BCUT2D eigenvalue weighted by Crippen LogP contribution is 2.01. The quantitative estimate of drug-likeness (QED) is 0.628. The van der Waals surface area contributed by atoms with E-state index in [4.69, 9.17) is 9.84 Å². The molecule has 0 heterocycles. The molecule has 0 fully saturated rings. The minimum absolute atomic E-state index is 0.143. The molecule has 1 unspecified atom stereocenters. The Labute approximate surface area is 83.4 Å². The standard InChI is InChI=1S/C9H17NO4/c1-4-14-5-7(6(2)3)10-8(11)9(12)13/h6-7H,4-5H2,1-3H3,(H,10,11)(H,12,13). The van der Waals surface area contributed by atoms with E-state index in [0.29, 0.717) is 13.2 Å². The highest BCUT2D eigenvalue weighted by atomic mass is 16.5.